The maximum atomic E-state index is 9.22. The predicted octanol–water partition coefficient (Wildman–Crippen LogP) is 2.05. The maximum absolute atomic E-state index is 9.22. The summed E-state index contributed by atoms with van der Waals surface area (Å²) in [5, 5.41) is 9.22. The molecule has 0 aliphatic carbocycles. The first-order valence-corrected chi connectivity index (χ1v) is 5.74. The largest absolute Gasteiger partial charge is 0.491 e. The van der Waals surface area contributed by atoms with Crippen molar-refractivity contribution in [2.45, 2.75) is 32.5 Å². The van der Waals surface area contributed by atoms with E-state index in [1.807, 2.05) is 25.1 Å². The second kappa shape index (κ2) is 5.32. The van der Waals surface area contributed by atoms with Gasteiger partial charge < -0.3 is 14.6 Å². The first kappa shape index (κ1) is 11.4. The Labute approximate surface area is 96.0 Å². The molecule has 0 saturated carbocycles. The minimum Gasteiger partial charge on any atom is -0.491 e. The van der Waals surface area contributed by atoms with Gasteiger partial charge in [0.1, 0.15) is 12.4 Å². The second-order valence-electron chi connectivity index (χ2n) is 4.22. The van der Waals surface area contributed by atoms with Crippen molar-refractivity contribution < 1.29 is 14.6 Å². The molecule has 1 fully saturated rings. The standard InChI is InChI=1S/C13H18O3/c1-10-4-5-13(11(7-10)8-14)16-9-12-3-2-6-15-12/h4-5,7,12,14H,2-3,6,8-9H2,1H3. The summed E-state index contributed by atoms with van der Waals surface area (Å²) in [6.07, 6.45) is 2.41. The number of aliphatic hydroxyl groups is 1. The number of benzene rings is 1. The molecule has 2 rings (SSSR count). The van der Waals surface area contributed by atoms with Gasteiger partial charge in [0.2, 0.25) is 0 Å². The molecule has 3 heteroatoms. The first-order chi connectivity index (χ1) is 7.79. The van der Waals surface area contributed by atoms with Gasteiger partial charge in [-0.3, -0.25) is 0 Å². The molecule has 1 saturated heterocycles. The van der Waals surface area contributed by atoms with Gasteiger partial charge in [-0.25, -0.2) is 0 Å². The lowest BCUT2D eigenvalue weighted by Gasteiger charge is -2.14. The smallest absolute Gasteiger partial charge is 0.124 e. The molecule has 3 nitrogen and oxygen atoms in total. The average molecular weight is 222 g/mol. The van der Waals surface area contributed by atoms with Crippen LogP contribution in [-0.2, 0) is 11.3 Å². The third-order valence-electron chi connectivity index (χ3n) is 2.84. The van der Waals surface area contributed by atoms with E-state index in [9.17, 15) is 5.11 Å². The summed E-state index contributed by atoms with van der Waals surface area (Å²) >= 11 is 0. The van der Waals surface area contributed by atoms with Gasteiger partial charge in [0.05, 0.1) is 12.7 Å². The van der Waals surface area contributed by atoms with Crippen LogP contribution in [0.2, 0.25) is 0 Å². The molecule has 1 N–H and O–H groups in total. The van der Waals surface area contributed by atoms with Gasteiger partial charge in [0.15, 0.2) is 0 Å². The number of rotatable bonds is 4. The van der Waals surface area contributed by atoms with E-state index in [1.54, 1.807) is 0 Å². The van der Waals surface area contributed by atoms with Crippen molar-refractivity contribution in [3.05, 3.63) is 29.3 Å². The van der Waals surface area contributed by atoms with Crippen LogP contribution in [0.5, 0.6) is 5.75 Å². The van der Waals surface area contributed by atoms with Crippen LogP contribution >= 0.6 is 0 Å². The van der Waals surface area contributed by atoms with E-state index in [0.717, 1.165) is 36.3 Å². The zero-order valence-electron chi connectivity index (χ0n) is 9.61. The summed E-state index contributed by atoms with van der Waals surface area (Å²) in [6, 6.07) is 5.85. The quantitative estimate of drug-likeness (QED) is 0.847. The van der Waals surface area contributed by atoms with Crippen LogP contribution in [0.4, 0.5) is 0 Å². The van der Waals surface area contributed by atoms with Gasteiger partial charge in [0, 0.05) is 12.2 Å². The predicted molar refractivity (Wildman–Crippen MR) is 61.6 cm³/mol. The number of aryl methyl sites for hydroxylation is 1. The highest BCUT2D eigenvalue weighted by molar-refractivity contribution is 5.36. The summed E-state index contributed by atoms with van der Waals surface area (Å²) in [4.78, 5) is 0. The Morgan fingerprint density at radius 3 is 3.06 bits per heavy atom. The Kier molecular flexibility index (Phi) is 3.80. The Morgan fingerprint density at radius 1 is 1.50 bits per heavy atom. The fourth-order valence-corrected chi connectivity index (χ4v) is 1.93. The van der Waals surface area contributed by atoms with Gasteiger partial charge in [-0.2, -0.15) is 0 Å². The molecule has 1 aromatic carbocycles. The fourth-order valence-electron chi connectivity index (χ4n) is 1.93. The highest BCUT2D eigenvalue weighted by Gasteiger charge is 2.16. The Morgan fingerprint density at radius 2 is 2.38 bits per heavy atom. The van der Waals surface area contributed by atoms with Crippen molar-refractivity contribution in [1.29, 1.82) is 0 Å². The molecule has 0 spiro atoms. The monoisotopic (exact) mass is 222 g/mol. The Bertz CT molecular complexity index is 343. The summed E-state index contributed by atoms with van der Waals surface area (Å²) in [5.41, 5.74) is 1.98. The SMILES string of the molecule is Cc1ccc(OCC2CCCO2)c(CO)c1. The van der Waals surface area contributed by atoms with Crippen molar-refractivity contribution >= 4 is 0 Å². The van der Waals surface area contributed by atoms with Gasteiger partial charge >= 0.3 is 0 Å². The van der Waals surface area contributed by atoms with Crippen LogP contribution in [0.1, 0.15) is 24.0 Å². The van der Waals surface area contributed by atoms with Crippen LogP contribution in [0, 0.1) is 6.92 Å². The third-order valence-corrected chi connectivity index (χ3v) is 2.84. The van der Waals surface area contributed by atoms with Gasteiger partial charge in [-0.15, -0.1) is 0 Å². The van der Waals surface area contributed by atoms with E-state index < -0.39 is 0 Å². The van der Waals surface area contributed by atoms with Crippen molar-refractivity contribution in [2.24, 2.45) is 0 Å². The van der Waals surface area contributed by atoms with E-state index >= 15 is 0 Å². The van der Waals surface area contributed by atoms with Crippen molar-refractivity contribution in [1.82, 2.24) is 0 Å². The van der Waals surface area contributed by atoms with Crippen molar-refractivity contribution in [3.63, 3.8) is 0 Å². The van der Waals surface area contributed by atoms with E-state index in [4.69, 9.17) is 9.47 Å². The second-order valence-corrected chi connectivity index (χ2v) is 4.22. The molecule has 1 aromatic rings. The molecule has 0 aromatic heterocycles. The van der Waals surface area contributed by atoms with Crippen LogP contribution < -0.4 is 4.74 Å². The third kappa shape index (κ3) is 2.74. The van der Waals surface area contributed by atoms with E-state index in [0.29, 0.717) is 6.61 Å². The Balaban J connectivity index is 1.97. The van der Waals surface area contributed by atoms with Gasteiger partial charge in [0.25, 0.3) is 0 Å². The summed E-state index contributed by atoms with van der Waals surface area (Å²) < 4.78 is 11.2. The number of hydrogen-bond donors (Lipinski definition) is 1. The lowest BCUT2D eigenvalue weighted by atomic mass is 10.1. The fraction of sp³-hybridized carbons (Fsp3) is 0.538. The molecule has 0 amide bonds. The van der Waals surface area contributed by atoms with Gasteiger partial charge in [-0.05, 0) is 25.8 Å². The van der Waals surface area contributed by atoms with E-state index in [-0.39, 0.29) is 12.7 Å². The molecular weight excluding hydrogens is 204 g/mol. The summed E-state index contributed by atoms with van der Waals surface area (Å²) in [5.74, 6) is 0.767. The van der Waals surface area contributed by atoms with Crippen molar-refractivity contribution in [3.8, 4) is 5.75 Å². The van der Waals surface area contributed by atoms with E-state index in [2.05, 4.69) is 0 Å². The van der Waals surface area contributed by atoms with Gasteiger partial charge in [-0.1, -0.05) is 17.7 Å². The topological polar surface area (TPSA) is 38.7 Å². The van der Waals surface area contributed by atoms with Crippen LogP contribution in [0.15, 0.2) is 18.2 Å². The van der Waals surface area contributed by atoms with Crippen LogP contribution in [0.3, 0.4) is 0 Å². The normalized spacial score (nSPS) is 20.0. The minimum atomic E-state index is 0.0164. The zero-order chi connectivity index (χ0) is 11.4. The molecule has 1 unspecified atom stereocenters. The number of ether oxygens (including phenoxy) is 2. The highest BCUT2D eigenvalue weighted by atomic mass is 16.5. The zero-order valence-corrected chi connectivity index (χ0v) is 9.61. The summed E-state index contributed by atoms with van der Waals surface area (Å²) in [6.45, 7) is 3.44. The number of aliphatic hydroxyl groups excluding tert-OH is 1. The Hall–Kier alpha value is -1.06. The maximum Gasteiger partial charge on any atom is 0.124 e. The molecule has 1 aliphatic rings. The molecule has 0 bridgehead atoms. The lowest BCUT2D eigenvalue weighted by molar-refractivity contribution is 0.0671. The molecule has 16 heavy (non-hydrogen) atoms. The first-order valence-electron chi connectivity index (χ1n) is 5.74. The molecule has 0 radical (unpaired) electrons. The minimum absolute atomic E-state index is 0.0164. The number of hydrogen-bond acceptors (Lipinski definition) is 3. The molecule has 88 valence electrons. The van der Waals surface area contributed by atoms with Crippen LogP contribution in [-0.4, -0.2) is 24.4 Å². The van der Waals surface area contributed by atoms with Crippen molar-refractivity contribution in [2.75, 3.05) is 13.2 Å². The average Bonchev–Trinajstić information content (AvgIpc) is 2.80. The molecular formula is C13H18O3. The lowest BCUT2D eigenvalue weighted by Crippen LogP contribution is -2.16. The molecule has 1 heterocycles. The van der Waals surface area contributed by atoms with E-state index in [1.165, 1.54) is 0 Å². The summed E-state index contributed by atoms with van der Waals surface area (Å²) in [7, 11) is 0. The van der Waals surface area contributed by atoms with Crippen LogP contribution in [0.25, 0.3) is 0 Å². The molecule has 1 aliphatic heterocycles. The highest BCUT2D eigenvalue weighted by Crippen LogP contribution is 2.21. The molecule has 1 atom stereocenters.